The highest BCUT2D eigenvalue weighted by Gasteiger charge is 2.10. The number of fused-ring (bicyclic) bond motifs is 1. The zero-order chi connectivity index (χ0) is 13.2. The second kappa shape index (κ2) is 4.97. The molecule has 0 aliphatic carbocycles. The fourth-order valence-corrected chi connectivity index (χ4v) is 2.74. The predicted octanol–water partition coefficient (Wildman–Crippen LogP) is 4.61. The molecule has 3 rings (SSSR count). The van der Waals surface area contributed by atoms with Gasteiger partial charge in [0.2, 0.25) is 0 Å². The number of nitrogens with zero attached hydrogens (tertiary/aromatic N) is 1. The molecular weight excluding hydrogens is 259 g/mol. The maximum Gasteiger partial charge on any atom is 0.128 e. The van der Waals surface area contributed by atoms with Gasteiger partial charge in [-0.15, -0.1) is 0 Å². The van der Waals surface area contributed by atoms with Gasteiger partial charge < -0.3 is 5.32 Å². The number of hydrogen-bond donors (Lipinski definition) is 1. The number of nitrogens with one attached hydrogen (secondary N) is 1. The van der Waals surface area contributed by atoms with Crippen LogP contribution in [0.15, 0.2) is 48.7 Å². The molecule has 0 aliphatic heterocycles. The van der Waals surface area contributed by atoms with Gasteiger partial charge in [-0.1, -0.05) is 18.2 Å². The number of aromatic nitrogens is 1. The number of hydrogen-bond acceptors (Lipinski definition) is 3. The highest BCUT2D eigenvalue weighted by Crippen LogP contribution is 2.25. The van der Waals surface area contributed by atoms with Gasteiger partial charge >= 0.3 is 0 Å². The summed E-state index contributed by atoms with van der Waals surface area (Å²) in [5.41, 5.74) is 1.65. The first-order valence-corrected chi connectivity index (χ1v) is 6.87. The molecular formula is C15H13FN2S. The van der Waals surface area contributed by atoms with E-state index in [9.17, 15) is 4.39 Å². The zero-order valence-corrected chi connectivity index (χ0v) is 11.2. The number of anilines is 1. The van der Waals surface area contributed by atoms with E-state index in [0.717, 1.165) is 15.8 Å². The lowest BCUT2D eigenvalue weighted by atomic mass is 10.1. The maximum absolute atomic E-state index is 13.7. The molecule has 0 aliphatic rings. The second-order valence-electron chi connectivity index (χ2n) is 4.47. The lowest BCUT2D eigenvalue weighted by Crippen LogP contribution is -2.08. The summed E-state index contributed by atoms with van der Waals surface area (Å²) in [5.74, 6) is -0.180. The SMILES string of the molecule is CC(Nc1ccc2sncc2c1)c1ccccc1F. The third-order valence-electron chi connectivity index (χ3n) is 3.11. The van der Waals surface area contributed by atoms with E-state index in [-0.39, 0.29) is 11.9 Å². The van der Waals surface area contributed by atoms with Gasteiger partial charge in [-0.05, 0) is 42.7 Å². The summed E-state index contributed by atoms with van der Waals surface area (Å²) >= 11 is 1.48. The first kappa shape index (κ1) is 12.1. The van der Waals surface area contributed by atoms with Crippen molar-refractivity contribution in [2.45, 2.75) is 13.0 Å². The van der Waals surface area contributed by atoms with Crippen molar-refractivity contribution in [2.24, 2.45) is 0 Å². The van der Waals surface area contributed by atoms with Crippen LogP contribution in [0.3, 0.4) is 0 Å². The molecule has 1 heterocycles. The van der Waals surface area contributed by atoms with Gasteiger partial charge in [0.25, 0.3) is 0 Å². The summed E-state index contributed by atoms with van der Waals surface area (Å²) in [5, 5.41) is 4.42. The summed E-state index contributed by atoms with van der Waals surface area (Å²) in [7, 11) is 0. The van der Waals surface area contributed by atoms with E-state index in [2.05, 4.69) is 9.69 Å². The Morgan fingerprint density at radius 2 is 2.05 bits per heavy atom. The Kier molecular flexibility index (Phi) is 3.17. The molecule has 2 nitrogen and oxygen atoms in total. The monoisotopic (exact) mass is 272 g/mol. The number of halogens is 1. The van der Waals surface area contributed by atoms with Crippen LogP contribution in [0.4, 0.5) is 10.1 Å². The number of benzene rings is 2. The van der Waals surface area contributed by atoms with E-state index in [0.29, 0.717) is 5.56 Å². The Bertz CT molecular complexity index is 708. The molecule has 1 N–H and O–H groups in total. The number of rotatable bonds is 3. The lowest BCUT2D eigenvalue weighted by molar-refractivity contribution is 0.600. The first-order valence-electron chi connectivity index (χ1n) is 6.09. The summed E-state index contributed by atoms with van der Waals surface area (Å²) in [6, 6.07) is 12.8. The van der Waals surface area contributed by atoms with Crippen LogP contribution in [0.2, 0.25) is 0 Å². The quantitative estimate of drug-likeness (QED) is 0.753. The Hall–Kier alpha value is -1.94. The molecule has 1 atom stereocenters. The van der Waals surface area contributed by atoms with Crippen molar-refractivity contribution in [3.63, 3.8) is 0 Å². The minimum Gasteiger partial charge on any atom is -0.378 e. The van der Waals surface area contributed by atoms with E-state index in [1.807, 2.05) is 37.4 Å². The van der Waals surface area contributed by atoms with Crippen LogP contribution in [0.1, 0.15) is 18.5 Å². The van der Waals surface area contributed by atoms with Crippen LogP contribution in [0.5, 0.6) is 0 Å². The van der Waals surface area contributed by atoms with Gasteiger partial charge in [-0.25, -0.2) is 4.39 Å². The third-order valence-corrected chi connectivity index (χ3v) is 3.89. The summed E-state index contributed by atoms with van der Waals surface area (Å²) < 4.78 is 19.0. The van der Waals surface area contributed by atoms with Crippen LogP contribution < -0.4 is 5.32 Å². The van der Waals surface area contributed by atoms with Gasteiger partial charge in [0.1, 0.15) is 5.82 Å². The molecule has 1 unspecified atom stereocenters. The molecule has 0 saturated heterocycles. The summed E-state index contributed by atoms with van der Waals surface area (Å²) in [4.78, 5) is 0. The van der Waals surface area contributed by atoms with E-state index < -0.39 is 0 Å². The van der Waals surface area contributed by atoms with Gasteiger partial charge in [0.05, 0.1) is 10.7 Å². The molecule has 96 valence electrons. The topological polar surface area (TPSA) is 24.9 Å². The average molecular weight is 272 g/mol. The van der Waals surface area contributed by atoms with Gasteiger partial charge in [0.15, 0.2) is 0 Å². The van der Waals surface area contributed by atoms with Crippen molar-refractivity contribution in [3.8, 4) is 0 Å². The van der Waals surface area contributed by atoms with Crippen molar-refractivity contribution in [3.05, 3.63) is 60.0 Å². The lowest BCUT2D eigenvalue weighted by Gasteiger charge is -2.16. The molecule has 0 bridgehead atoms. The second-order valence-corrected chi connectivity index (χ2v) is 5.30. The molecule has 3 aromatic rings. The third kappa shape index (κ3) is 2.44. The highest BCUT2D eigenvalue weighted by atomic mass is 32.1. The molecule has 2 aromatic carbocycles. The molecule has 0 radical (unpaired) electrons. The zero-order valence-electron chi connectivity index (χ0n) is 10.4. The van der Waals surface area contributed by atoms with E-state index in [1.54, 1.807) is 12.1 Å². The Labute approximate surface area is 115 Å². The minimum atomic E-state index is -0.180. The smallest absolute Gasteiger partial charge is 0.128 e. The molecule has 0 spiro atoms. The fourth-order valence-electron chi connectivity index (χ4n) is 2.12. The van der Waals surface area contributed by atoms with Gasteiger partial charge in [0, 0.05) is 22.8 Å². The van der Waals surface area contributed by atoms with Gasteiger partial charge in [-0.3, -0.25) is 0 Å². The molecule has 0 fully saturated rings. The van der Waals surface area contributed by atoms with Crippen molar-refractivity contribution in [1.82, 2.24) is 4.37 Å². The van der Waals surface area contributed by atoms with Crippen LogP contribution in [0, 0.1) is 5.82 Å². The molecule has 4 heteroatoms. The van der Waals surface area contributed by atoms with Gasteiger partial charge in [-0.2, -0.15) is 4.37 Å². The van der Waals surface area contributed by atoms with Crippen LogP contribution in [0.25, 0.3) is 10.1 Å². The largest absolute Gasteiger partial charge is 0.378 e. The van der Waals surface area contributed by atoms with E-state index in [1.165, 1.54) is 17.6 Å². The minimum absolute atomic E-state index is 0.0785. The fraction of sp³-hybridized carbons (Fsp3) is 0.133. The van der Waals surface area contributed by atoms with Crippen LogP contribution in [-0.2, 0) is 0 Å². The summed E-state index contributed by atoms with van der Waals surface area (Å²) in [6.45, 7) is 1.95. The molecule has 1 aromatic heterocycles. The van der Waals surface area contributed by atoms with Crippen LogP contribution >= 0.6 is 11.5 Å². The van der Waals surface area contributed by atoms with Crippen molar-refractivity contribution in [1.29, 1.82) is 0 Å². The van der Waals surface area contributed by atoms with Crippen LogP contribution in [-0.4, -0.2) is 4.37 Å². The molecule has 0 amide bonds. The van der Waals surface area contributed by atoms with E-state index in [4.69, 9.17) is 0 Å². The maximum atomic E-state index is 13.7. The Morgan fingerprint density at radius 3 is 2.89 bits per heavy atom. The predicted molar refractivity (Wildman–Crippen MR) is 78.1 cm³/mol. The van der Waals surface area contributed by atoms with Crippen molar-refractivity contribution < 1.29 is 4.39 Å². The summed E-state index contributed by atoms with van der Waals surface area (Å²) in [6.07, 6.45) is 1.85. The Balaban J connectivity index is 1.86. The molecule has 19 heavy (non-hydrogen) atoms. The Morgan fingerprint density at radius 1 is 1.21 bits per heavy atom. The standard InChI is InChI=1S/C15H13FN2S/c1-10(13-4-2-3-5-14(13)16)18-12-6-7-15-11(8-12)9-17-19-15/h2-10,18H,1H3. The molecule has 0 saturated carbocycles. The average Bonchev–Trinajstić information content (AvgIpc) is 2.86. The van der Waals surface area contributed by atoms with E-state index >= 15 is 0 Å². The highest BCUT2D eigenvalue weighted by molar-refractivity contribution is 7.13. The van der Waals surface area contributed by atoms with Crippen molar-refractivity contribution >= 4 is 27.3 Å². The van der Waals surface area contributed by atoms with Crippen molar-refractivity contribution in [2.75, 3.05) is 5.32 Å². The first-order chi connectivity index (χ1) is 9.24. The normalized spacial score (nSPS) is 12.5.